The minimum absolute atomic E-state index is 0.0979. The molecule has 2 aromatic rings. The van der Waals surface area contributed by atoms with Crippen molar-refractivity contribution >= 4 is 11.8 Å². The number of carbonyl (C=O) groups is 2. The Morgan fingerprint density at radius 3 is 2.09 bits per heavy atom. The molecule has 0 aliphatic heterocycles. The molecular weight excluding hydrogens is 284 g/mol. The van der Waals surface area contributed by atoms with Gasteiger partial charge in [-0.15, -0.1) is 0 Å². The van der Waals surface area contributed by atoms with E-state index in [1.165, 1.54) is 18.0 Å². The van der Waals surface area contributed by atoms with Gasteiger partial charge in [-0.3, -0.25) is 9.59 Å². The Hall–Kier alpha value is -2.96. The Bertz CT molecular complexity index is 654. The average Bonchev–Trinajstić information content (AvgIpc) is 2.49. The zero-order valence-electron chi connectivity index (χ0n) is 12.0. The number of benzene rings is 1. The van der Waals surface area contributed by atoms with Crippen LogP contribution in [0.4, 0.5) is 0 Å². The summed E-state index contributed by atoms with van der Waals surface area (Å²) < 4.78 is 5.48. The molecule has 0 atom stereocenters. The third-order valence-corrected chi connectivity index (χ3v) is 3.09. The van der Waals surface area contributed by atoms with Crippen LogP contribution < -0.4 is 16.2 Å². The third kappa shape index (κ3) is 3.57. The lowest BCUT2D eigenvalue weighted by Crippen LogP contribution is -2.33. The molecule has 22 heavy (non-hydrogen) atoms. The number of hydrogen-bond acceptors (Lipinski definition) is 5. The summed E-state index contributed by atoms with van der Waals surface area (Å²) in [4.78, 5) is 30.3. The number of hydrogen-bond donors (Lipinski definition) is 2. The Balaban J connectivity index is 2.14. The van der Waals surface area contributed by atoms with Gasteiger partial charge in [-0.1, -0.05) is 19.1 Å². The number of rotatable bonds is 6. The van der Waals surface area contributed by atoms with Crippen molar-refractivity contribution in [3.8, 4) is 11.8 Å². The van der Waals surface area contributed by atoms with E-state index in [-0.39, 0.29) is 11.6 Å². The maximum Gasteiger partial charge on any atom is 0.321 e. The minimum Gasteiger partial charge on any atom is -0.424 e. The Labute approximate surface area is 127 Å². The van der Waals surface area contributed by atoms with E-state index in [0.29, 0.717) is 5.75 Å². The van der Waals surface area contributed by atoms with Crippen LogP contribution in [0.15, 0.2) is 36.7 Å². The van der Waals surface area contributed by atoms with Gasteiger partial charge in [0.2, 0.25) is 11.8 Å². The molecule has 0 bridgehead atoms. The summed E-state index contributed by atoms with van der Waals surface area (Å²) in [6.45, 7) is 2.06. The van der Waals surface area contributed by atoms with E-state index < -0.39 is 17.7 Å². The van der Waals surface area contributed by atoms with E-state index in [0.717, 1.165) is 6.42 Å². The van der Waals surface area contributed by atoms with Gasteiger partial charge >= 0.3 is 6.01 Å². The lowest BCUT2D eigenvalue weighted by molar-refractivity contribution is -0.128. The largest absolute Gasteiger partial charge is 0.424 e. The molecule has 0 aliphatic rings. The van der Waals surface area contributed by atoms with Crippen molar-refractivity contribution in [3.05, 3.63) is 47.8 Å². The van der Waals surface area contributed by atoms with Gasteiger partial charge in [-0.25, -0.2) is 9.97 Å². The highest BCUT2D eigenvalue weighted by Gasteiger charge is 2.24. The maximum absolute atomic E-state index is 11.2. The highest BCUT2D eigenvalue weighted by atomic mass is 16.5. The molecule has 2 amide bonds. The standard InChI is InChI=1S/C15H16N4O3/c1-2-9-3-5-11(6-4-9)22-15-18-7-10(8-19-15)12(13(16)20)14(17)21/h3-8,12H,2H2,1H3,(H2,16,20)(H2,17,21). The Morgan fingerprint density at radius 1 is 1.09 bits per heavy atom. The fourth-order valence-corrected chi connectivity index (χ4v) is 1.90. The molecule has 1 heterocycles. The van der Waals surface area contributed by atoms with Gasteiger partial charge in [0, 0.05) is 18.0 Å². The summed E-state index contributed by atoms with van der Waals surface area (Å²) in [5, 5.41) is 0. The monoisotopic (exact) mass is 300 g/mol. The Morgan fingerprint density at radius 2 is 1.64 bits per heavy atom. The van der Waals surface area contributed by atoms with Crippen molar-refractivity contribution < 1.29 is 14.3 Å². The number of ether oxygens (including phenoxy) is 1. The van der Waals surface area contributed by atoms with Gasteiger partial charge in [0.25, 0.3) is 0 Å². The Kier molecular flexibility index (Phi) is 4.67. The van der Waals surface area contributed by atoms with Crippen molar-refractivity contribution in [2.24, 2.45) is 11.5 Å². The first-order valence-electron chi connectivity index (χ1n) is 6.68. The van der Waals surface area contributed by atoms with Crippen LogP contribution in [0.25, 0.3) is 0 Å². The van der Waals surface area contributed by atoms with Crippen molar-refractivity contribution in [1.82, 2.24) is 9.97 Å². The van der Waals surface area contributed by atoms with Crippen LogP contribution in [0.3, 0.4) is 0 Å². The molecular formula is C15H16N4O3. The molecule has 114 valence electrons. The molecule has 0 radical (unpaired) electrons. The lowest BCUT2D eigenvalue weighted by Gasteiger charge is -2.09. The van der Waals surface area contributed by atoms with Crippen molar-refractivity contribution in [2.75, 3.05) is 0 Å². The number of aromatic nitrogens is 2. The topological polar surface area (TPSA) is 121 Å². The van der Waals surface area contributed by atoms with Gasteiger partial charge in [0.1, 0.15) is 11.7 Å². The van der Waals surface area contributed by atoms with Crippen LogP contribution in [0.2, 0.25) is 0 Å². The van der Waals surface area contributed by atoms with Crippen molar-refractivity contribution in [1.29, 1.82) is 0 Å². The smallest absolute Gasteiger partial charge is 0.321 e. The molecule has 0 aliphatic carbocycles. The summed E-state index contributed by atoms with van der Waals surface area (Å²) in [6.07, 6.45) is 3.53. The van der Waals surface area contributed by atoms with Gasteiger partial charge in [-0.05, 0) is 24.1 Å². The van der Waals surface area contributed by atoms with E-state index in [1.54, 1.807) is 0 Å². The first-order valence-corrected chi connectivity index (χ1v) is 6.68. The number of nitrogens with zero attached hydrogens (tertiary/aromatic N) is 2. The minimum atomic E-state index is -1.25. The first kappa shape index (κ1) is 15.4. The molecule has 0 saturated heterocycles. The molecule has 1 aromatic heterocycles. The van der Waals surface area contributed by atoms with Crippen molar-refractivity contribution in [2.45, 2.75) is 19.3 Å². The summed E-state index contributed by atoms with van der Waals surface area (Å²) in [6, 6.07) is 7.61. The summed E-state index contributed by atoms with van der Waals surface area (Å²) in [7, 11) is 0. The quantitative estimate of drug-likeness (QED) is 0.767. The number of aryl methyl sites for hydroxylation is 1. The number of nitrogens with two attached hydrogens (primary N) is 2. The van der Waals surface area contributed by atoms with Gasteiger partial charge in [-0.2, -0.15) is 0 Å². The fourth-order valence-electron chi connectivity index (χ4n) is 1.90. The highest BCUT2D eigenvalue weighted by Crippen LogP contribution is 2.20. The maximum atomic E-state index is 11.2. The van der Waals surface area contributed by atoms with E-state index in [9.17, 15) is 9.59 Å². The second-order valence-electron chi connectivity index (χ2n) is 4.64. The molecule has 4 N–H and O–H groups in total. The number of amides is 2. The second kappa shape index (κ2) is 6.66. The number of primary amides is 2. The molecule has 7 heteroatoms. The van der Waals surface area contributed by atoms with Crippen LogP contribution >= 0.6 is 0 Å². The van der Waals surface area contributed by atoms with Gasteiger partial charge < -0.3 is 16.2 Å². The van der Waals surface area contributed by atoms with Crippen LogP contribution in [0.5, 0.6) is 11.8 Å². The summed E-state index contributed by atoms with van der Waals surface area (Å²) >= 11 is 0. The predicted molar refractivity (Wildman–Crippen MR) is 79.1 cm³/mol. The normalized spacial score (nSPS) is 10.5. The van der Waals surface area contributed by atoms with E-state index in [4.69, 9.17) is 16.2 Å². The zero-order chi connectivity index (χ0) is 16.1. The van der Waals surface area contributed by atoms with Crippen LogP contribution in [-0.2, 0) is 16.0 Å². The second-order valence-corrected chi connectivity index (χ2v) is 4.64. The fraction of sp³-hybridized carbons (Fsp3) is 0.200. The van der Waals surface area contributed by atoms with Crippen molar-refractivity contribution in [3.63, 3.8) is 0 Å². The van der Waals surface area contributed by atoms with E-state index in [2.05, 4.69) is 16.9 Å². The van der Waals surface area contributed by atoms with E-state index in [1.807, 2.05) is 24.3 Å². The first-order chi connectivity index (χ1) is 10.5. The molecule has 7 nitrogen and oxygen atoms in total. The molecule has 1 aromatic carbocycles. The zero-order valence-corrected chi connectivity index (χ0v) is 12.0. The summed E-state index contributed by atoms with van der Waals surface area (Å²) in [5.41, 5.74) is 11.7. The lowest BCUT2D eigenvalue weighted by atomic mass is 10.0. The average molecular weight is 300 g/mol. The highest BCUT2D eigenvalue weighted by molar-refractivity contribution is 6.04. The van der Waals surface area contributed by atoms with Gasteiger partial charge in [0.05, 0.1) is 0 Å². The third-order valence-electron chi connectivity index (χ3n) is 3.09. The molecule has 0 unspecified atom stereocenters. The molecule has 0 fully saturated rings. The number of carbonyl (C=O) groups excluding carboxylic acids is 2. The predicted octanol–water partition coefficient (Wildman–Crippen LogP) is 0.885. The van der Waals surface area contributed by atoms with E-state index >= 15 is 0 Å². The van der Waals surface area contributed by atoms with Crippen LogP contribution in [-0.4, -0.2) is 21.8 Å². The summed E-state index contributed by atoms with van der Waals surface area (Å²) in [5.74, 6) is -2.36. The molecule has 0 saturated carbocycles. The van der Waals surface area contributed by atoms with Crippen LogP contribution in [0, 0.1) is 0 Å². The van der Waals surface area contributed by atoms with Crippen LogP contribution in [0.1, 0.15) is 24.0 Å². The SMILES string of the molecule is CCc1ccc(Oc2ncc(C(C(N)=O)C(N)=O)cn2)cc1. The van der Waals surface area contributed by atoms with Gasteiger partial charge in [0.15, 0.2) is 0 Å². The molecule has 2 rings (SSSR count). The molecule has 0 spiro atoms.